The highest BCUT2D eigenvalue weighted by Crippen LogP contribution is 2.30. The van der Waals surface area contributed by atoms with E-state index < -0.39 is 5.60 Å². The van der Waals surface area contributed by atoms with Crippen molar-refractivity contribution in [2.24, 2.45) is 10.2 Å². The lowest BCUT2D eigenvalue weighted by Crippen LogP contribution is -2.48. The van der Waals surface area contributed by atoms with E-state index in [1.807, 2.05) is 30.3 Å². The number of amides is 2. The zero-order valence-electron chi connectivity index (χ0n) is 13.3. The Morgan fingerprint density at radius 3 is 2.21 bits per heavy atom. The molecule has 1 fully saturated rings. The smallest absolute Gasteiger partial charge is 0.319 e. The molecule has 6 nitrogen and oxygen atoms in total. The molecule has 0 aliphatic heterocycles. The molecule has 6 heteroatoms. The molecular formula is C18H20N4O2. The summed E-state index contributed by atoms with van der Waals surface area (Å²) >= 11 is 0. The number of carbonyl (C=O) groups is 1. The van der Waals surface area contributed by atoms with Gasteiger partial charge in [-0.2, -0.15) is 10.2 Å². The van der Waals surface area contributed by atoms with Gasteiger partial charge in [-0.15, -0.1) is 0 Å². The molecule has 0 spiro atoms. The number of rotatable bonds is 5. The van der Waals surface area contributed by atoms with Gasteiger partial charge in [0.15, 0.2) is 0 Å². The monoisotopic (exact) mass is 324 g/mol. The first-order valence-corrected chi connectivity index (χ1v) is 7.97. The number of azo groups is 1. The van der Waals surface area contributed by atoms with E-state index >= 15 is 0 Å². The Kier molecular flexibility index (Phi) is 4.86. The molecule has 0 bridgehead atoms. The van der Waals surface area contributed by atoms with Crippen molar-refractivity contribution in [2.45, 2.75) is 24.9 Å². The maximum Gasteiger partial charge on any atom is 0.319 e. The molecule has 0 atom stereocenters. The van der Waals surface area contributed by atoms with Crippen LogP contribution in [0.15, 0.2) is 64.8 Å². The maximum atomic E-state index is 11.8. The van der Waals surface area contributed by atoms with Gasteiger partial charge in [-0.05, 0) is 55.7 Å². The number of carbonyl (C=O) groups excluding carboxylic acids is 1. The first-order chi connectivity index (χ1) is 11.6. The minimum Gasteiger partial charge on any atom is -0.388 e. The van der Waals surface area contributed by atoms with Gasteiger partial charge in [0, 0.05) is 12.2 Å². The second kappa shape index (κ2) is 7.23. The first kappa shape index (κ1) is 16.1. The van der Waals surface area contributed by atoms with Crippen LogP contribution in [0.2, 0.25) is 0 Å². The number of benzene rings is 2. The molecule has 24 heavy (non-hydrogen) atoms. The normalized spacial score (nSPS) is 15.7. The number of hydrogen-bond donors (Lipinski definition) is 3. The fourth-order valence-corrected chi connectivity index (χ4v) is 2.40. The van der Waals surface area contributed by atoms with Crippen molar-refractivity contribution < 1.29 is 9.90 Å². The highest BCUT2D eigenvalue weighted by molar-refractivity contribution is 5.89. The minimum absolute atomic E-state index is 0.280. The van der Waals surface area contributed by atoms with Crippen molar-refractivity contribution in [3.63, 3.8) is 0 Å². The maximum absolute atomic E-state index is 11.8. The van der Waals surface area contributed by atoms with Gasteiger partial charge in [0.2, 0.25) is 0 Å². The van der Waals surface area contributed by atoms with Crippen molar-refractivity contribution in [1.29, 1.82) is 0 Å². The lowest BCUT2D eigenvalue weighted by molar-refractivity contribution is -0.0287. The van der Waals surface area contributed by atoms with Crippen LogP contribution < -0.4 is 10.6 Å². The lowest BCUT2D eigenvalue weighted by atomic mass is 9.80. The lowest BCUT2D eigenvalue weighted by Gasteiger charge is -2.36. The molecule has 2 aromatic rings. The van der Waals surface area contributed by atoms with Crippen LogP contribution in [0.5, 0.6) is 0 Å². The third kappa shape index (κ3) is 4.39. The summed E-state index contributed by atoms with van der Waals surface area (Å²) in [6, 6.07) is 16.2. The van der Waals surface area contributed by atoms with Gasteiger partial charge in [0.25, 0.3) is 0 Å². The van der Waals surface area contributed by atoms with Crippen LogP contribution in [0.4, 0.5) is 21.9 Å². The zero-order chi connectivity index (χ0) is 16.8. The highest BCUT2D eigenvalue weighted by atomic mass is 16.3. The van der Waals surface area contributed by atoms with Crippen LogP contribution in [0.1, 0.15) is 19.3 Å². The van der Waals surface area contributed by atoms with E-state index in [2.05, 4.69) is 20.9 Å². The molecule has 2 aromatic carbocycles. The van der Waals surface area contributed by atoms with Crippen molar-refractivity contribution in [3.05, 3.63) is 54.6 Å². The van der Waals surface area contributed by atoms with Gasteiger partial charge >= 0.3 is 6.03 Å². The highest BCUT2D eigenvalue weighted by Gasteiger charge is 2.34. The Hall–Kier alpha value is -2.73. The van der Waals surface area contributed by atoms with Crippen molar-refractivity contribution in [3.8, 4) is 0 Å². The van der Waals surface area contributed by atoms with E-state index in [0.717, 1.165) is 24.9 Å². The second-order valence-electron chi connectivity index (χ2n) is 5.97. The van der Waals surface area contributed by atoms with Gasteiger partial charge in [-0.1, -0.05) is 18.2 Å². The number of anilines is 1. The van der Waals surface area contributed by atoms with E-state index in [1.165, 1.54) is 0 Å². The summed E-state index contributed by atoms with van der Waals surface area (Å²) in [5.74, 6) is 0. The number of urea groups is 1. The summed E-state index contributed by atoms with van der Waals surface area (Å²) in [7, 11) is 0. The number of aliphatic hydroxyl groups is 1. The third-order valence-electron chi connectivity index (χ3n) is 4.02. The molecule has 124 valence electrons. The molecule has 1 saturated carbocycles. The summed E-state index contributed by atoms with van der Waals surface area (Å²) in [5, 5.41) is 23.7. The van der Waals surface area contributed by atoms with Gasteiger partial charge < -0.3 is 15.7 Å². The Bertz CT molecular complexity index is 710. The predicted molar refractivity (Wildman–Crippen MR) is 92.9 cm³/mol. The Morgan fingerprint density at radius 2 is 1.62 bits per heavy atom. The minimum atomic E-state index is -0.723. The number of nitrogens with one attached hydrogen (secondary N) is 2. The van der Waals surface area contributed by atoms with E-state index in [0.29, 0.717) is 11.4 Å². The largest absolute Gasteiger partial charge is 0.388 e. The van der Waals surface area contributed by atoms with Crippen molar-refractivity contribution >= 4 is 23.1 Å². The van der Waals surface area contributed by atoms with Crippen molar-refractivity contribution in [2.75, 3.05) is 11.9 Å². The average Bonchev–Trinajstić information content (AvgIpc) is 2.59. The molecule has 0 radical (unpaired) electrons. The third-order valence-corrected chi connectivity index (χ3v) is 4.02. The molecule has 0 heterocycles. The average molecular weight is 324 g/mol. The van der Waals surface area contributed by atoms with E-state index in [-0.39, 0.29) is 12.6 Å². The van der Waals surface area contributed by atoms with Crippen LogP contribution >= 0.6 is 0 Å². The number of nitrogens with zero attached hydrogens (tertiary/aromatic N) is 2. The molecule has 0 unspecified atom stereocenters. The predicted octanol–water partition coefficient (Wildman–Crippen LogP) is 4.14. The fraction of sp³-hybridized carbons (Fsp3) is 0.278. The second-order valence-corrected chi connectivity index (χ2v) is 5.97. The molecule has 1 aliphatic rings. The van der Waals surface area contributed by atoms with Crippen LogP contribution in [0.3, 0.4) is 0 Å². The molecule has 2 amide bonds. The zero-order valence-corrected chi connectivity index (χ0v) is 13.3. The Labute approximate surface area is 140 Å². The van der Waals surface area contributed by atoms with Crippen LogP contribution in [-0.2, 0) is 0 Å². The quantitative estimate of drug-likeness (QED) is 0.722. The summed E-state index contributed by atoms with van der Waals surface area (Å²) < 4.78 is 0. The van der Waals surface area contributed by atoms with E-state index in [9.17, 15) is 9.90 Å². The summed E-state index contributed by atoms with van der Waals surface area (Å²) in [4.78, 5) is 11.8. The van der Waals surface area contributed by atoms with Gasteiger partial charge in [0.1, 0.15) is 0 Å². The first-order valence-electron chi connectivity index (χ1n) is 7.97. The van der Waals surface area contributed by atoms with Gasteiger partial charge in [-0.25, -0.2) is 4.79 Å². The molecule has 3 N–H and O–H groups in total. The Morgan fingerprint density at radius 1 is 1.00 bits per heavy atom. The van der Waals surface area contributed by atoms with Gasteiger partial charge in [0.05, 0.1) is 17.0 Å². The van der Waals surface area contributed by atoms with Crippen molar-refractivity contribution in [1.82, 2.24) is 5.32 Å². The van der Waals surface area contributed by atoms with Crippen LogP contribution in [0.25, 0.3) is 0 Å². The van der Waals surface area contributed by atoms with Crippen LogP contribution in [-0.4, -0.2) is 23.3 Å². The summed E-state index contributed by atoms with van der Waals surface area (Å²) in [6.07, 6.45) is 2.50. The molecule has 3 rings (SSSR count). The molecule has 0 saturated heterocycles. The standard InChI is InChI=1S/C18H20N4O2/c23-17(19-13-18(24)11-4-12-18)20-14-7-9-16(10-8-14)22-21-15-5-2-1-3-6-15/h1-3,5-10,24H,4,11-13H2,(H2,19,20,23). The molecule has 0 aromatic heterocycles. The summed E-state index contributed by atoms with van der Waals surface area (Å²) in [5.41, 5.74) is 1.42. The Balaban J connectivity index is 1.50. The fourth-order valence-electron chi connectivity index (χ4n) is 2.40. The summed E-state index contributed by atoms with van der Waals surface area (Å²) in [6.45, 7) is 0.280. The number of hydrogen-bond acceptors (Lipinski definition) is 4. The van der Waals surface area contributed by atoms with Gasteiger partial charge in [-0.3, -0.25) is 0 Å². The van der Waals surface area contributed by atoms with Crippen LogP contribution in [0, 0.1) is 0 Å². The van der Waals surface area contributed by atoms with E-state index in [1.54, 1.807) is 24.3 Å². The topological polar surface area (TPSA) is 86.1 Å². The molecular weight excluding hydrogens is 304 g/mol. The molecule has 1 aliphatic carbocycles. The van der Waals surface area contributed by atoms with E-state index in [4.69, 9.17) is 0 Å². The SMILES string of the molecule is O=C(NCC1(O)CCC1)Nc1ccc(N=Nc2ccccc2)cc1.